The Labute approximate surface area is 148 Å². The van der Waals surface area contributed by atoms with E-state index >= 15 is 0 Å². The molecular formula is C18H23N3O3S. The number of hydrogen-bond donors (Lipinski definition) is 1. The van der Waals surface area contributed by atoms with E-state index in [0.29, 0.717) is 18.7 Å². The maximum Gasteiger partial charge on any atom is 0.244 e. The van der Waals surface area contributed by atoms with Crippen LogP contribution in [0.1, 0.15) is 24.5 Å². The van der Waals surface area contributed by atoms with Gasteiger partial charge in [-0.25, -0.2) is 8.42 Å². The number of hydrogen-bond acceptors (Lipinski definition) is 4. The lowest BCUT2D eigenvalue weighted by molar-refractivity contribution is -0.122. The van der Waals surface area contributed by atoms with E-state index in [1.54, 1.807) is 37.5 Å². The number of sulfonamides is 1. The van der Waals surface area contributed by atoms with Gasteiger partial charge in [-0.05, 0) is 37.1 Å². The van der Waals surface area contributed by atoms with Crippen molar-refractivity contribution in [2.75, 3.05) is 10.6 Å². The van der Waals surface area contributed by atoms with Gasteiger partial charge in [0.15, 0.2) is 0 Å². The van der Waals surface area contributed by atoms with Crippen molar-refractivity contribution in [3.8, 4) is 0 Å². The molecular weight excluding hydrogens is 338 g/mol. The van der Waals surface area contributed by atoms with Crippen molar-refractivity contribution < 1.29 is 13.2 Å². The minimum absolute atomic E-state index is 0.300. The van der Waals surface area contributed by atoms with Crippen LogP contribution in [0, 0.1) is 6.92 Å². The predicted octanol–water partition coefficient (Wildman–Crippen LogP) is 2.25. The Balaban J connectivity index is 2.23. The monoisotopic (exact) mass is 361 g/mol. The summed E-state index contributed by atoms with van der Waals surface area (Å²) in [6.07, 6.45) is 4.79. The van der Waals surface area contributed by atoms with E-state index in [2.05, 4.69) is 10.3 Å². The summed E-state index contributed by atoms with van der Waals surface area (Å²) < 4.78 is 25.8. The van der Waals surface area contributed by atoms with Crippen LogP contribution >= 0.6 is 0 Å². The molecule has 1 aromatic carbocycles. The van der Waals surface area contributed by atoms with Gasteiger partial charge in [-0.1, -0.05) is 30.7 Å². The first-order valence-electron chi connectivity index (χ1n) is 8.05. The van der Waals surface area contributed by atoms with Gasteiger partial charge in [0.05, 0.1) is 11.9 Å². The van der Waals surface area contributed by atoms with Crippen LogP contribution in [0.15, 0.2) is 48.8 Å². The van der Waals surface area contributed by atoms with Gasteiger partial charge in [0.1, 0.15) is 6.04 Å². The number of carbonyl (C=O) groups is 1. The molecule has 0 aliphatic heterocycles. The molecule has 1 amide bonds. The highest BCUT2D eigenvalue weighted by atomic mass is 32.2. The van der Waals surface area contributed by atoms with E-state index < -0.39 is 16.1 Å². The Bertz CT molecular complexity index is 805. The molecule has 0 saturated heterocycles. The summed E-state index contributed by atoms with van der Waals surface area (Å²) in [7, 11) is -3.61. The molecule has 0 aliphatic carbocycles. The number of carbonyl (C=O) groups excluding carboxylic acids is 1. The molecule has 7 heteroatoms. The Morgan fingerprint density at radius 3 is 2.44 bits per heavy atom. The fourth-order valence-electron chi connectivity index (χ4n) is 2.56. The molecule has 0 radical (unpaired) electrons. The largest absolute Gasteiger partial charge is 0.350 e. The van der Waals surface area contributed by atoms with Gasteiger partial charge >= 0.3 is 0 Å². The molecule has 134 valence electrons. The summed E-state index contributed by atoms with van der Waals surface area (Å²) in [4.78, 5) is 16.6. The van der Waals surface area contributed by atoms with E-state index in [-0.39, 0.29) is 5.91 Å². The lowest BCUT2D eigenvalue weighted by Gasteiger charge is -2.30. The summed E-state index contributed by atoms with van der Waals surface area (Å²) in [5.41, 5.74) is 2.36. The number of nitrogens with zero attached hydrogens (tertiary/aromatic N) is 2. The van der Waals surface area contributed by atoms with Gasteiger partial charge in [0.2, 0.25) is 15.9 Å². The highest BCUT2D eigenvalue weighted by Gasteiger charge is 2.31. The third-order valence-corrected chi connectivity index (χ3v) is 4.99. The van der Waals surface area contributed by atoms with Crippen LogP contribution in [0.4, 0.5) is 5.69 Å². The fourth-order valence-corrected chi connectivity index (χ4v) is 3.77. The Kier molecular flexibility index (Phi) is 6.14. The number of pyridine rings is 1. The normalized spacial score (nSPS) is 12.4. The van der Waals surface area contributed by atoms with Crippen LogP contribution in [0.2, 0.25) is 0 Å². The standard InChI is InChI=1S/C18H23N3O3S/c1-4-17(18(22)20-13-15-6-5-11-19-12-15)21(25(3,23)24)16-9-7-14(2)8-10-16/h5-12,17H,4,13H2,1-3H3,(H,20,22). The lowest BCUT2D eigenvalue weighted by atomic mass is 10.1. The summed E-state index contributed by atoms with van der Waals surface area (Å²) in [6, 6.07) is 9.91. The van der Waals surface area contributed by atoms with Crippen LogP contribution in [-0.4, -0.2) is 31.6 Å². The molecule has 0 fully saturated rings. The molecule has 1 unspecified atom stereocenters. The summed E-state index contributed by atoms with van der Waals surface area (Å²) in [5.74, 6) is -0.336. The summed E-state index contributed by atoms with van der Waals surface area (Å²) in [5, 5.41) is 2.80. The lowest BCUT2D eigenvalue weighted by Crippen LogP contribution is -2.49. The number of rotatable bonds is 7. The van der Waals surface area contributed by atoms with Gasteiger partial charge in [-0.3, -0.25) is 14.1 Å². The maximum absolute atomic E-state index is 12.6. The number of nitrogens with one attached hydrogen (secondary N) is 1. The van der Waals surface area contributed by atoms with Gasteiger partial charge in [0, 0.05) is 18.9 Å². The van der Waals surface area contributed by atoms with Crippen LogP contribution in [0.3, 0.4) is 0 Å². The second-order valence-electron chi connectivity index (χ2n) is 5.90. The number of amides is 1. The zero-order valence-electron chi connectivity index (χ0n) is 14.6. The topological polar surface area (TPSA) is 79.4 Å². The average Bonchev–Trinajstić information content (AvgIpc) is 2.58. The van der Waals surface area contributed by atoms with Gasteiger partial charge in [-0.2, -0.15) is 0 Å². The van der Waals surface area contributed by atoms with Crippen molar-refractivity contribution in [3.63, 3.8) is 0 Å². The van der Waals surface area contributed by atoms with Gasteiger partial charge in [-0.15, -0.1) is 0 Å². The van der Waals surface area contributed by atoms with Crippen molar-refractivity contribution >= 4 is 21.6 Å². The molecule has 0 aliphatic rings. The third kappa shape index (κ3) is 5.03. The first-order chi connectivity index (χ1) is 11.8. The van der Waals surface area contributed by atoms with E-state index in [0.717, 1.165) is 17.4 Å². The number of benzene rings is 1. The van der Waals surface area contributed by atoms with E-state index in [4.69, 9.17) is 0 Å². The Morgan fingerprint density at radius 1 is 1.24 bits per heavy atom. The van der Waals surface area contributed by atoms with Crippen molar-refractivity contribution in [2.24, 2.45) is 0 Å². The Morgan fingerprint density at radius 2 is 1.92 bits per heavy atom. The molecule has 1 aromatic heterocycles. The van der Waals surface area contributed by atoms with Crippen LogP contribution in [0.25, 0.3) is 0 Å². The van der Waals surface area contributed by atoms with Crippen LogP contribution in [0.5, 0.6) is 0 Å². The van der Waals surface area contributed by atoms with Crippen LogP contribution in [-0.2, 0) is 21.4 Å². The quantitative estimate of drug-likeness (QED) is 0.820. The number of aryl methyl sites for hydroxylation is 1. The molecule has 0 saturated carbocycles. The van der Waals surface area contributed by atoms with E-state index in [1.807, 2.05) is 25.1 Å². The molecule has 0 spiro atoms. The maximum atomic E-state index is 12.6. The molecule has 1 N–H and O–H groups in total. The SMILES string of the molecule is CCC(C(=O)NCc1cccnc1)N(c1ccc(C)cc1)S(C)(=O)=O. The van der Waals surface area contributed by atoms with Crippen LogP contribution < -0.4 is 9.62 Å². The second kappa shape index (κ2) is 8.11. The van der Waals surface area contributed by atoms with Gasteiger partial charge < -0.3 is 5.32 Å². The zero-order valence-corrected chi connectivity index (χ0v) is 15.5. The van der Waals surface area contributed by atoms with Crippen molar-refractivity contribution in [1.29, 1.82) is 0 Å². The molecule has 6 nitrogen and oxygen atoms in total. The van der Waals surface area contributed by atoms with E-state index in [9.17, 15) is 13.2 Å². The molecule has 2 rings (SSSR count). The fraction of sp³-hybridized carbons (Fsp3) is 0.333. The molecule has 2 aromatic rings. The van der Waals surface area contributed by atoms with Crippen molar-refractivity contribution in [3.05, 3.63) is 59.9 Å². The first-order valence-corrected chi connectivity index (χ1v) is 9.90. The van der Waals surface area contributed by atoms with Crippen molar-refractivity contribution in [2.45, 2.75) is 32.9 Å². The minimum atomic E-state index is -3.61. The molecule has 0 bridgehead atoms. The minimum Gasteiger partial charge on any atom is -0.350 e. The highest BCUT2D eigenvalue weighted by Crippen LogP contribution is 2.23. The average molecular weight is 361 g/mol. The number of aromatic nitrogens is 1. The summed E-state index contributed by atoms with van der Waals surface area (Å²) in [6.45, 7) is 4.02. The summed E-state index contributed by atoms with van der Waals surface area (Å²) >= 11 is 0. The Hall–Kier alpha value is -2.41. The molecule has 25 heavy (non-hydrogen) atoms. The number of anilines is 1. The zero-order chi connectivity index (χ0) is 18.4. The predicted molar refractivity (Wildman–Crippen MR) is 98.7 cm³/mol. The molecule has 1 atom stereocenters. The van der Waals surface area contributed by atoms with E-state index in [1.165, 1.54) is 4.31 Å². The highest BCUT2D eigenvalue weighted by molar-refractivity contribution is 7.92. The smallest absolute Gasteiger partial charge is 0.244 e. The second-order valence-corrected chi connectivity index (χ2v) is 7.76. The third-order valence-electron chi connectivity index (χ3n) is 3.81. The first kappa shape index (κ1) is 18.9. The molecule has 1 heterocycles. The van der Waals surface area contributed by atoms with Crippen molar-refractivity contribution in [1.82, 2.24) is 10.3 Å². The van der Waals surface area contributed by atoms with Gasteiger partial charge in [0.25, 0.3) is 0 Å².